The highest BCUT2D eigenvalue weighted by atomic mass is 16.8. The van der Waals surface area contributed by atoms with Gasteiger partial charge in [0.1, 0.15) is 73.8 Å². The van der Waals surface area contributed by atoms with E-state index >= 15 is 0 Å². The van der Waals surface area contributed by atoms with Crippen LogP contribution >= 0.6 is 0 Å². The highest BCUT2D eigenvalue weighted by Gasteiger charge is 2.58. The molecule has 14 atom stereocenters. The summed E-state index contributed by atoms with van der Waals surface area (Å²) in [6.07, 6.45) is -21.8. The lowest BCUT2D eigenvalue weighted by atomic mass is 9.98. The van der Waals surface area contributed by atoms with Crippen molar-refractivity contribution in [2.75, 3.05) is 26.4 Å². The molecule has 0 bridgehead atoms. The summed E-state index contributed by atoms with van der Waals surface area (Å²) in [7, 11) is 0. The molecule has 0 aliphatic carbocycles. The van der Waals surface area contributed by atoms with E-state index in [1.54, 1.807) is 0 Å². The fourth-order valence-electron chi connectivity index (χ4n) is 4.01. The molecule has 0 radical (unpaired) electrons. The molecule has 0 spiro atoms. The maximum atomic E-state index is 10.3. The van der Waals surface area contributed by atoms with Gasteiger partial charge in [-0.1, -0.05) is 0 Å². The van der Waals surface area contributed by atoms with Gasteiger partial charge in [0.05, 0.1) is 19.8 Å². The van der Waals surface area contributed by atoms with E-state index in [4.69, 9.17) is 23.7 Å². The van der Waals surface area contributed by atoms with Crippen molar-refractivity contribution in [1.82, 2.24) is 0 Å². The van der Waals surface area contributed by atoms with Gasteiger partial charge in [-0.05, 0) is 0 Å². The summed E-state index contributed by atoms with van der Waals surface area (Å²) in [5.74, 6) is -2.36. The second-order valence-corrected chi connectivity index (χ2v) is 8.41. The molecule has 11 N–H and O–H groups in total. The SMILES string of the molecule is OC[C@@H]1O[C@H](OC[C@@H]2O[C@H](O[C@]3(CO)O[C@H](CO)[C@@H](O)[C@@H]3O)[C@@H](O)[C@H](O)[C@@H]2O)[C@@H](O)[C@H](O)[C@H]1O. The van der Waals surface area contributed by atoms with Gasteiger partial charge < -0.3 is 79.9 Å². The highest BCUT2D eigenvalue weighted by Crippen LogP contribution is 2.36. The van der Waals surface area contributed by atoms with Crippen LogP contribution in [0.3, 0.4) is 0 Å². The predicted octanol–water partition coefficient (Wildman–Crippen LogP) is -7.57. The molecule has 200 valence electrons. The molecule has 34 heavy (non-hydrogen) atoms. The van der Waals surface area contributed by atoms with Crippen LogP contribution in [0.25, 0.3) is 0 Å². The largest absolute Gasteiger partial charge is 0.394 e. The van der Waals surface area contributed by atoms with E-state index in [9.17, 15) is 56.2 Å². The van der Waals surface area contributed by atoms with Crippen LogP contribution in [0.5, 0.6) is 0 Å². The van der Waals surface area contributed by atoms with E-state index in [0.29, 0.717) is 0 Å². The van der Waals surface area contributed by atoms with Gasteiger partial charge >= 0.3 is 0 Å². The smallest absolute Gasteiger partial charge is 0.224 e. The number of aliphatic hydroxyl groups excluding tert-OH is 11. The average molecular weight is 504 g/mol. The standard InChI is InChI=1S/C18H32O16/c19-1-5-8(22)11(25)13(27)16(31-5)30-3-7-9(23)12(26)14(28)17(32-7)34-18(4-21)15(29)10(24)6(2-20)33-18/h5-17,19-29H,1-4H2/t5-,6+,7-,8-,9+,10+,11+,12+,13-,14-,15-,16-,17+,18-/m0/s1. The molecular formula is C18H32O16. The Morgan fingerprint density at radius 1 is 0.588 bits per heavy atom. The maximum absolute atomic E-state index is 10.3. The molecule has 0 aromatic heterocycles. The van der Waals surface area contributed by atoms with Gasteiger partial charge in [-0.3, -0.25) is 0 Å². The van der Waals surface area contributed by atoms with Crippen molar-refractivity contribution in [3.05, 3.63) is 0 Å². The highest BCUT2D eigenvalue weighted by molar-refractivity contribution is 4.98. The number of rotatable bonds is 8. The van der Waals surface area contributed by atoms with E-state index in [-0.39, 0.29) is 0 Å². The van der Waals surface area contributed by atoms with E-state index < -0.39 is 112 Å². The number of hydrogen-bond acceptors (Lipinski definition) is 16. The molecule has 0 saturated carbocycles. The lowest BCUT2D eigenvalue weighted by Crippen LogP contribution is -2.63. The number of aliphatic hydroxyl groups is 11. The molecule has 3 saturated heterocycles. The third kappa shape index (κ3) is 5.09. The molecule has 0 aromatic rings. The Morgan fingerprint density at radius 2 is 1.12 bits per heavy atom. The van der Waals surface area contributed by atoms with Crippen molar-refractivity contribution >= 4 is 0 Å². The van der Waals surface area contributed by atoms with E-state index in [0.717, 1.165) is 0 Å². The molecule has 3 fully saturated rings. The normalized spacial score (nSPS) is 52.1. The first-order valence-electron chi connectivity index (χ1n) is 10.6. The second-order valence-electron chi connectivity index (χ2n) is 8.41. The number of ether oxygens (including phenoxy) is 5. The Morgan fingerprint density at radius 3 is 1.65 bits per heavy atom. The second kappa shape index (κ2) is 11.2. The third-order valence-corrected chi connectivity index (χ3v) is 6.16. The van der Waals surface area contributed by atoms with Crippen LogP contribution in [0, 0.1) is 0 Å². The van der Waals surface area contributed by atoms with Crippen molar-refractivity contribution in [2.45, 2.75) is 85.5 Å². The minimum atomic E-state index is -2.36. The van der Waals surface area contributed by atoms with Crippen LogP contribution in [-0.2, 0) is 23.7 Å². The van der Waals surface area contributed by atoms with Crippen molar-refractivity contribution in [1.29, 1.82) is 0 Å². The van der Waals surface area contributed by atoms with Crippen LogP contribution in [-0.4, -0.2) is 168 Å². The van der Waals surface area contributed by atoms with Crippen molar-refractivity contribution in [3.63, 3.8) is 0 Å². The van der Waals surface area contributed by atoms with Crippen molar-refractivity contribution in [2.24, 2.45) is 0 Å². The fourth-order valence-corrected chi connectivity index (χ4v) is 4.01. The van der Waals surface area contributed by atoms with Gasteiger partial charge in [-0.15, -0.1) is 0 Å². The maximum Gasteiger partial charge on any atom is 0.224 e. The van der Waals surface area contributed by atoms with Gasteiger partial charge in [-0.25, -0.2) is 0 Å². The van der Waals surface area contributed by atoms with Crippen molar-refractivity contribution < 1.29 is 79.9 Å². The number of hydrogen-bond donors (Lipinski definition) is 11. The Hall–Kier alpha value is -0.640. The Balaban J connectivity index is 1.69. The average Bonchev–Trinajstić information content (AvgIpc) is 3.08. The zero-order valence-corrected chi connectivity index (χ0v) is 17.8. The molecule has 3 aliphatic rings. The molecule has 3 rings (SSSR count). The lowest BCUT2D eigenvalue weighted by molar-refractivity contribution is -0.388. The van der Waals surface area contributed by atoms with Crippen molar-refractivity contribution in [3.8, 4) is 0 Å². The minimum Gasteiger partial charge on any atom is -0.394 e. The van der Waals surface area contributed by atoms with Crippen LogP contribution in [0.1, 0.15) is 0 Å². The molecule has 16 heteroatoms. The van der Waals surface area contributed by atoms with Crippen LogP contribution < -0.4 is 0 Å². The topological polar surface area (TPSA) is 269 Å². The zero-order chi connectivity index (χ0) is 25.4. The fraction of sp³-hybridized carbons (Fsp3) is 1.00. The van der Waals surface area contributed by atoms with E-state index in [2.05, 4.69) is 0 Å². The first-order chi connectivity index (χ1) is 16.0. The zero-order valence-electron chi connectivity index (χ0n) is 17.8. The Bertz CT molecular complexity index is 653. The first-order valence-corrected chi connectivity index (χ1v) is 10.6. The molecule has 16 nitrogen and oxygen atoms in total. The van der Waals surface area contributed by atoms with Crippen LogP contribution in [0.15, 0.2) is 0 Å². The third-order valence-electron chi connectivity index (χ3n) is 6.16. The minimum absolute atomic E-state index is 0.634. The predicted molar refractivity (Wildman–Crippen MR) is 101 cm³/mol. The van der Waals surface area contributed by atoms with E-state index in [1.165, 1.54) is 0 Å². The lowest BCUT2D eigenvalue weighted by Gasteiger charge is -2.44. The van der Waals surface area contributed by atoms with Gasteiger partial charge in [-0.2, -0.15) is 0 Å². The summed E-state index contributed by atoms with van der Waals surface area (Å²) in [5, 5.41) is 109. The van der Waals surface area contributed by atoms with Gasteiger partial charge in [0.25, 0.3) is 0 Å². The molecule has 0 unspecified atom stereocenters. The Kier molecular flexibility index (Phi) is 9.18. The molecule has 3 aliphatic heterocycles. The quantitative estimate of drug-likeness (QED) is 0.146. The van der Waals surface area contributed by atoms with Crippen LogP contribution in [0.2, 0.25) is 0 Å². The summed E-state index contributed by atoms with van der Waals surface area (Å²) >= 11 is 0. The monoisotopic (exact) mass is 504 g/mol. The van der Waals surface area contributed by atoms with Gasteiger partial charge in [0.15, 0.2) is 12.6 Å². The van der Waals surface area contributed by atoms with Gasteiger partial charge in [0, 0.05) is 0 Å². The molecule has 3 heterocycles. The molecule has 0 aromatic carbocycles. The summed E-state index contributed by atoms with van der Waals surface area (Å²) in [6, 6.07) is 0. The first kappa shape index (κ1) is 27.9. The molecular weight excluding hydrogens is 472 g/mol. The summed E-state index contributed by atoms with van der Waals surface area (Å²) in [5.41, 5.74) is 0. The van der Waals surface area contributed by atoms with E-state index in [1.807, 2.05) is 0 Å². The molecule has 0 amide bonds. The summed E-state index contributed by atoms with van der Waals surface area (Å²) in [6.45, 7) is -3.14. The van der Waals surface area contributed by atoms with Crippen LogP contribution in [0.4, 0.5) is 0 Å². The Labute approximate surface area is 192 Å². The summed E-state index contributed by atoms with van der Waals surface area (Å²) < 4.78 is 26.4. The summed E-state index contributed by atoms with van der Waals surface area (Å²) in [4.78, 5) is 0. The van der Waals surface area contributed by atoms with Gasteiger partial charge in [0.2, 0.25) is 5.79 Å².